The van der Waals surface area contributed by atoms with Crippen molar-refractivity contribution in [3.8, 4) is 5.75 Å². The van der Waals surface area contributed by atoms with Gasteiger partial charge in [0, 0.05) is 37.5 Å². The number of nitrogens with zero attached hydrogens (tertiary/aromatic N) is 1. The lowest BCUT2D eigenvalue weighted by atomic mass is 10.0. The van der Waals surface area contributed by atoms with Crippen LogP contribution in [0, 0.1) is 0 Å². The summed E-state index contributed by atoms with van der Waals surface area (Å²) >= 11 is 0. The first-order valence-corrected chi connectivity index (χ1v) is 10.2. The van der Waals surface area contributed by atoms with Crippen molar-refractivity contribution < 1.29 is 19.2 Å². The van der Waals surface area contributed by atoms with Gasteiger partial charge in [0.2, 0.25) is 0 Å². The fourth-order valence-electron chi connectivity index (χ4n) is 4.00. The van der Waals surface area contributed by atoms with E-state index in [1.807, 2.05) is 0 Å². The second-order valence-corrected chi connectivity index (χ2v) is 7.70. The summed E-state index contributed by atoms with van der Waals surface area (Å²) < 4.78 is 5.13. The quantitative estimate of drug-likeness (QED) is 0.804. The van der Waals surface area contributed by atoms with E-state index in [0.717, 1.165) is 57.6 Å². The Labute approximate surface area is 161 Å². The Morgan fingerprint density at radius 1 is 1.07 bits per heavy atom. The Bertz CT molecular complexity index is 616. The van der Waals surface area contributed by atoms with Crippen LogP contribution < -0.4 is 15.0 Å². The Kier molecular flexibility index (Phi) is 7.10. The van der Waals surface area contributed by atoms with Crippen molar-refractivity contribution in [2.24, 2.45) is 0 Å². The third kappa shape index (κ3) is 5.70. The predicted octanol–water partition coefficient (Wildman–Crippen LogP) is 0.875. The summed E-state index contributed by atoms with van der Waals surface area (Å²) in [6.07, 6.45) is 6.61. The van der Waals surface area contributed by atoms with Crippen molar-refractivity contribution in [3.63, 3.8) is 0 Å². The average Bonchev–Trinajstić information content (AvgIpc) is 2.99. The van der Waals surface area contributed by atoms with Crippen LogP contribution in [0.3, 0.4) is 0 Å². The molecule has 0 saturated carbocycles. The van der Waals surface area contributed by atoms with Gasteiger partial charge in [-0.1, -0.05) is 12.8 Å². The number of likely N-dealkylation sites (tertiary alicyclic amines) is 2. The van der Waals surface area contributed by atoms with E-state index in [0.29, 0.717) is 18.0 Å². The van der Waals surface area contributed by atoms with E-state index in [4.69, 9.17) is 4.74 Å². The maximum Gasteiger partial charge on any atom is 0.277 e. The maximum absolute atomic E-state index is 12.5. The SMILES string of the molecule is COc1ccc(C(=O)NC2CC[NH+](CC(=O)N3CCCCCC3)CC2)cc1. The van der Waals surface area contributed by atoms with E-state index in [-0.39, 0.29) is 11.9 Å². The van der Waals surface area contributed by atoms with Crippen LogP contribution in [0.15, 0.2) is 24.3 Å². The summed E-state index contributed by atoms with van der Waals surface area (Å²) in [5.74, 6) is 1.01. The highest BCUT2D eigenvalue weighted by Gasteiger charge is 2.27. The highest BCUT2D eigenvalue weighted by Crippen LogP contribution is 2.12. The number of methoxy groups -OCH3 is 1. The van der Waals surface area contributed by atoms with Crippen molar-refractivity contribution in [2.45, 2.75) is 44.6 Å². The monoisotopic (exact) mass is 374 g/mol. The number of piperidine rings is 1. The van der Waals surface area contributed by atoms with Gasteiger partial charge in [-0.25, -0.2) is 0 Å². The van der Waals surface area contributed by atoms with Gasteiger partial charge in [-0.15, -0.1) is 0 Å². The second kappa shape index (κ2) is 9.74. The molecule has 3 rings (SSSR count). The molecule has 6 nitrogen and oxygen atoms in total. The molecule has 2 saturated heterocycles. The molecule has 2 heterocycles. The van der Waals surface area contributed by atoms with Crippen LogP contribution in [0.1, 0.15) is 48.9 Å². The van der Waals surface area contributed by atoms with Gasteiger partial charge in [0.15, 0.2) is 6.54 Å². The van der Waals surface area contributed by atoms with E-state index < -0.39 is 0 Å². The topological polar surface area (TPSA) is 63.1 Å². The zero-order valence-corrected chi connectivity index (χ0v) is 16.3. The first kappa shape index (κ1) is 19.7. The largest absolute Gasteiger partial charge is 0.497 e. The molecule has 2 aliphatic heterocycles. The lowest BCUT2D eigenvalue weighted by Gasteiger charge is -2.31. The number of ether oxygens (including phenoxy) is 1. The van der Waals surface area contributed by atoms with Crippen molar-refractivity contribution in [1.29, 1.82) is 0 Å². The highest BCUT2D eigenvalue weighted by molar-refractivity contribution is 5.94. The molecule has 2 N–H and O–H groups in total. The van der Waals surface area contributed by atoms with Gasteiger partial charge in [0.1, 0.15) is 5.75 Å². The summed E-state index contributed by atoms with van der Waals surface area (Å²) in [5.41, 5.74) is 0.655. The van der Waals surface area contributed by atoms with Gasteiger partial charge in [-0.2, -0.15) is 0 Å². The predicted molar refractivity (Wildman–Crippen MR) is 104 cm³/mol. The molecule has 0 unspecified atom stereocenters. The zero-order valence-electron chi connectivity index (χ0n) is 16.3. The number of quaternary nitrogens is 1. The van der Waals surface area contributed by atoms with E-state index in [1.54, 1.807) is 31.4 Å². The number of nitrogens with one attached hydrogen (secondary N) is 2. The second-order valence-electron chi connectivity index (χ2n) is 7.70. The average molecular weight is 375 g/mol. The van der Waals surface area contributed by atoms with Crippen LogP contribution in [0.5, 0.6) is 5.75 Å². The van der Waals surface area contributed by atoms with Gasteiger partial charge in [0.25, 0.3) is 11.8 Å². The maximum atomic E-state index is 12.5. The van der Waals surface area contributed by atoms with E-state index >= 15 is 0 Å². The van der Waals surface area contributed by atoms with Crippen LogP contribution >= 0.6 is 0 Å². The Hall–Kier alpha value is -2.08. The fourth-order valence-corrected chi connectivity index (χ4v) is 4.00. The summed E-state index contributed by atoms with van der Waals surface area (Å²) in [6, 6.07) is 7.37. The minimum atomic E-state index is -0.0354. The number of carbonyl (C=O) groups excluding carboxylic acids is 2. The van der Waals surface area contributed by atoms with Gasteiger partial charge < -0.3 is 19.9 Å². The van der Waals surface area contributed by atoms with Gasteiger partial charge in [0.05, 0.1) is 20.2 Å². The zero-order chi connectivity index (χ0) is 19.1. The van der Waals surface area contributed by atoms with Gasteiger partial charge >= 0.3 is 0 Å². The van der Waals surface area contributed by atoms with Crippen molar-refractivity contribution in [1.82, 2.24) is 10.2 Å². The van der Waals surface area contributed by atoms with Crippen LogP contribution in [-0.2, 0) is 4.79 Å². The van der Waals surface area contributed by atoms with Crippen LogP contribution in [0.25, 0.3) is 0 Å². The van der Waals surface area contributed by atoms with E-state index in [9.17, 15) is 9.59 Å². The molecule has 1 aromatic carbocycles. The van der Waals surface area contributed by atoms with E-state index in [2.05, 4.69) is 10.2 Å². The molecule has 2 fully saturated rings. The highest BCUT2D eigenvalue weighted by atomic mass is 16.5. The molecule has 27 heavy (non-hydrogen) atoms. The van der Waals surface area contributed by atoms with Crippen LogP contribution in [0.2, 0.25) is 0 Å². The fraction of sp³-hybridized carbons (Fsp3) is 0.619. The molecule has 0 spiro atoms. The summed E-state index contributed by atoms with van der Waals surface area (Å²) in [4.78, 5) is 28.3. The summed E-state index contributed by atoms with van der Waals surface area (Å²) in [7, 11) is 1.61. The molecule has 6 heteroatoms. The first-order chi connectivity index (χ1) is 13.2. The smallest absolute Gasteiger partial charge is 0.277 e. The van der Waals surface area contributed by atoms with Crippen LogP contribution in [-0.4, -0.2) is 62.6 Å². The normalized spacial score (nSPS) is 23.4. The van der Waals surface area contributed by atoms with Crippen molar-refractivity contribution in [3.05, 3.63) is 29.8 Å². The lowest BCUT2D eigenvalue weighted by molar-refractivity contribution is -0.897. The summed E-state index contributed by atoms with van der Waals surface area (Å²) in [6.45, 7) is 4.32. The third-order valence-corrected chi connectivity index (χ3v) is 5.74. The molecule has 2 amide bonds. The van der Waals surface area contributed by atoms with Gasteiger partial charge in [-0.05, 0) is 37.1 Å². The standard InChI is InChI=1S/C21H31N3O3/c1-27-19-8-6-17(7-9-19)21(26)22-18-10-14-23(15-11-18)16-20(25)24-12-4-2-3-5-13-24/h6-9,18H,2-5,10-16H2,1H3,(H,22,26)/p+1. The number of hydrogen-bond donors (Lipinski definition) is 2. The molecular formula is C21H32N3O3+. The molecular weight excluding hydrogens is 342 g/mol. The molecule has 0 aliphatic carbocycles. The minimum Gasteiger partial charge on any atom is -0.497 e. The number of benzene rings is 1. The Morgan fingerprint density at radius 3 is 2.30 bits per heavy atom. The third-order valence-electron chi connectivity index (χ3n) is 5.74. The van der Waals surface area contributed by atoms with Crippen molar-refractivity contribution in [2.75, 3.05) is 39.8 Å². The first-order valence-electron chi connectivity index (χ1n) is 10.2. The molecule has 2 aliphatic rings. The van der Waals surface area contributed by atoms with E-state index in [1.165, 1.54) is 17.7 Å². The van der Waals surface area contributed by atoms with Gasteiger partial charge in [-0.3, -0.25) is 9.59 Å². The Balaban J connectivity index is 1.41. The number of amides is 2. The number of rotatable bonds is 5. The van der Waals surface area contributed by atoms with Crippen molar-refractivity contribution >= 4 is 11.8 Å². The Morgan fingerprint density at radius 2 is 1.70 bits per heavy atom. The molecule has 0 bridgehead atoms. The number of carbonyl (C=O) groups is 2. The summed E-state index contributed by atoms with van der Waals surface area (Å²) in [5, 5.41) is 3.13. The molecule has 148 valence electrons. The molecule has 0 atom stereocenters. The number of hydrogen-bond acceptors (Lipinski definition) is 3. The molecule has 0 aromatic heterocycles. The lowest BCUT2D eigenvalue weighted by Crippen LogP contribution is -3.14. The molecule has 1 aromatic rings. The molecule has 0 radical (unpaired) electrons. The van der Waals surface area contributed by atoms with Crippen LogP contribution in [0.4, 0.5) is 0 Å². The minimum absolute atomic E-state index is 0.0354.